The van der Waals surface area contributed by atoms with Crippen LogP contribution in [0.4, 0.5) is 11.4 Å². The number of aromatic nitrogens is 1. The number of nitrogen functional groups attached to an aromatic ring is 1. The largest absolute Gasteiger partial charge is 0.397 e. The van der Waals surface area contributed by atoms with Crippen molar-refractivity contribution in [1.82, 2.24) is 4.98 Å². The summed E-state index contributed by atoms with van der Waals surface area (Å²) in [4.78, 5) is 15.8. The molecule has 0 fully saturated rings. The molecule has 0 aliphatic carbocycles. The highest BCUT2D eigenvalue weighted by molar-refractivity contribution is 6.07. The normalized spacial score (nSPS) is 10.1. The summed E-state index contributed by atoms with van der Waals surface area (Å²) in [7, 11) is 0. The first-order valence-electron chi connectivity index (χ1n) is 5.80. The van der Waals surface area contributed by atoms with E-state index >= 15 is 0 Å². The Morgan fingerprint density at radius 2 is 2.00 bits per heavy atom. The summed E-state index contributed by atoms with van der Waals surface area (Å²) < 4.78 is 0. The minimum atomic E-state index is -0.223. The summed E-state index contributed by atoms with van der Waals surface area (Å²) in [5, 5.41) is 2.80. The van der Waals surface area contributed by atoms with Crippen LogP contribution in [-0.4, -0.2) is 10.9 Å². The molecule has 1 aromatic heterocycles. The van der Waals surface area contributed by atoms with Crippen molar-refractivity contribution in [2.24, 2.45) is 0 Å². The average molecular weight is 241 g/mol. The molecule has 1 heterocycles. The Kier molecular flexibility index (Phi) is 3.57. The third-order valence-corrected chi connectivity index (χ3v) is 2.72. The number of benzene rings is 1. The van der Waals surface area contributed by atoms with Gasteiger partial charge in [0.25, 0.3) is 5.91 Å². The van der Waals surface area contributed by atoms with E-state index in [0.29, 0.717) is 11.3 Å². The van der Waals surface area contributed by atoms with E-state index in [0.717, 1.165) is 12.1 Å². The molecular weight excluding hydrogens is 226 g/mol. The predicted molar refractivity (Wildman–Crippen MR) is 72.4 cm³/mol. The maximum absolute atomic E-state index is 12.0. The summed E-state index contributed by atoms with van der Waals surface area (Å²) in [6.07, 6.45) is 3.99. The number of hydrogen-bond donors (Lipinski definition) is 2. The molecule has 18 heavy (non-hydrogen) atoms. The summed E-state index contributed by atoms with van der Waals surface area (Å²) in [6, 6.07) is 9.35. The number of carbonyl (C=O) groups is 1. The third-order valence-electron chi connectivity index (χ3n) is 2.72. The Morgan fingerprint density at radius 1 is 1.28 bits per heavy atom. The van der Waals surface area contributed by atoms with E-state index < -0.39 is 0 Å². The number of aryl methyl sites for hydroxylation is 1. The minimum Gasteiger partial charge on any atom is -0.397 e. The van der Waals surface area contributed by atoms with Gasteiger partial charge in [-0.1, -0.05) is 19.1 Å². The fraction of sp³-hybridized carbons (Fsp3) is 0.143. The second-order valence-electron chi connectivity index (χ2n) is 3.97. The fourth-order valence-electron chi connectivity index (χ4n) is 1.64. The first kappa shape index (κ1) is 12.1. The number of nitrogens with zero attached hydrogens (tertiary/aromatic N) is 1. The fourth-order valence-corrected chi connectivity index (χ4v) is 1.64. The van der Waals surface area contributed by atoms with Crippen LogP contribution in [0.5, 0.6) is 0 Å². The molecule has 92 valence electrons. The van der Waals surface area contributed by atoms with Crippen LogP contribution in [0.3, 0.4) is 0 Å². The van der Waals surface area contributed by atoms with E-state index in [1.165, 1.54) is 11.8 Å². The molecule has 0 atom stereocenters. The number of amides is 1. The standard InChI is InChI=1S/C14H15N3O/c1-2-10-3-5-11(6-4-10)17-14(18)12-7-8-16-9-13(12)15/h3-9H,2,15H2,1H3,(H,17,18). The maximum Gasteiger partial charge on any atom is 0.257 e. The van der Waals surface area contributed by atoms with Crippen molar-refractivity contribution in [2.45, 2.75) is 13.3 Å². The summed E-state index contributed by atoms with van der Waals surface area (Å²) in [5.74, 6) is -0.223. The molecule has 0 bridgehead atoms. The molecule has 0 aliphatic rings. The van der Waals surface area contributed by atoms with Gasteiger partial charge < -0.3 is 11.1 Å². The third kappa shape index (κ3) is 2.66. The van der Waals surface area contributed by atoms with Gasteiger partial charge in [0.1, 0.15) is 0 Å². The molecule has 4 nitrogen and oxygen atoms in total. The number of pyridine rings is 1. The Labute approximate surface area is 106 Å². The van der Waals surface area contributed by atoms with Gasteiger partial charge in [0.05, 0.1) is 17.4 Å². The summed E-state index contributed by atoms with van der Waals surface area (Å²) >= 11 is 0. The average Bonchev–Trinajstić information content (AvgIpc) is 2.40. The number of anilines is 2. The van der Waals surface area contributed by atoms with Crippen LogP contribution in [-0.2, 0) is 6.42 Å². The molecule has 0 radical (unpaired) electrons. The van der Waals surface area contributed by atoms with Crippen LogP contribution in [0.2, 0.25) is 0 Å². The highest BCUT2D eigenvalue weighted by Crippen LogP contribution is 2.14. The van der Waals surface area contributed by atoms with E-state index in [1.54, 1.807) is 12.3 Å². The van der Waals surface area contributed by atoms with Gasteiger partial charge in [-0.05, 0) is 30.2 Å². The second kappa shape index (κ2) is 5.31. The number of nitrogens with one attached hydrogen (secondary N) is 1. The van der Waals surface area contributed by atoms with Gasteiger partial charge in [-0.15, -0.1) is 0 Å². The highest BCUT2D eigenvalue weighted by atomic mass is 16.1. The van der Waals surface area contributed by atoms with E-state index in [4.69, 9.17) is 5.73 Å². The monoisotopic (exact) mass is 241 g/mol. The molecule has 2 rings (SSSR count). The van der Waals surface area contributed by atoms with E-state index in [1.807, 2.05) is 24.3 Å². The molecule has 0 saturated carbocycles. The molecule has 0 saturated heterocycles. The molecule has 4 heteroatoms. The SMILES string of the molecule is CCc1ccc(NC(=O)c2ccncc2N)cc1. The molecule has 2 aromatic rings. The molecule has 0 aliphatic heterocycles. The quantitative estimate of drug-likeness (QED) is 0.867. The first-order valence-corrected chi connectivity index (χ1v) is 5.80. The van der Waals surface area contributed by atoms with Gasteiger partial charge in [-0.3, -0.25) is 9.78 Å². The van der Waals surface area contributed by atoms with Crippen LogP contribution in [0.25, 0.3) is 0 Å². The molecule has 1 aromatic carbocycles. The lowest BCUT2D eigenvalue weighted by molar-refractivity contribution is 0.102. The van der Waals surface area contributed by atoms with Crippen molar-refractivity contribution in [1.29, 1.82) is 0 Å². The number of rotatable bonds is 3. The van der Waals surface area contributed by atoms with Crippen LogP contribution < -0.4 is 11.1 Å². The lowest BCUT2D eigenvalue weighted by Crippen LogP contribution is -2.14. The van der Waals surface area contributed by atoms with Gasteiger partial charge in [-0.25, -0.2) is 0 Å². The number of hydrogen-bond acceptors (Lipinski definition) is 3. The maximum atomic E-state index is 12.0. The lowest BCUT2D eigenvalue weighted by Gasteiger charge is -2.07. The van der Waals surface area contributed by atoms with Crippen molar-refractivity contribution in [3.8, 4) is 0 Å². The van der Waals surface area contributed by atoms with E-state index in [9.17, 15) is 4.79 Å². The van der Waals surface area contributed by atoms with Gasteiger partial charge >= 0.3 is 0 Å². The number of nitrogens with two attached hydrogens (primary N) is 1. The van der Waals surface area contributed by atoms with E-state index in [-0.39, 0.29) is 5.91 Å². The molecule has 1 amide bonds. The predicted octanol–water partition coefficient (Wildman–Crippen LogP) is 2.48. The molecule has 0 unspecified atom stereocenters. The van der Waals surface area contributed by atoms with E-state index in [2.05, 4.69) is 17.2 Å². The molecule has 3 N–H and O–H groups in total. The minimum absolute atomic E-state index is 0.223. The zero-order valence-electron chi connectivity index (χ0n) is 10.2. The molecular formula is C14H15N3O. The molecule has 0 spiro atoms. The van der Waals surface area contributed by atoms with Crippen molar-refractivity contribution in [3.05, 3.63) is 53.9 Å². The topological polar surface area (TPSA) is 68.0 Å². The highest BCUT2D eigenvalue weighted by Gasteiger charge is 2.09. The summed E-state index contributed by atoms with van der Waals surface area (Å²) in [6.45, 7) is 2.09. The van der Waals surface area contributed by atoms with Crippen molar-refractivity contribution < 1.29 is 4.79 Å². The van der Waals surface area contributed by atoms with Gasteiger partial charge in [0.15, 0.2) is 0 Å². The smallest absolute Gasteiger partial charge is 0.257 e. The van der Waals surface area contributed by atoms with Crippen LogP contribution in [0, 0.1) is 0 Å². The second-order valence-corrected chi connectivity index (χ2v) is 3.97. The zero-order chi connectivity index (χ0) is 13.0. The van der Waals surface area contributed by atoms with Crippen LogP contribution in [0.1, 0.15) is 22.8 Å². The zero-order valence-corrected chi connectivity index (χ0v) is 10.2. The van der Waals surface area contributed by atoms with Gasteiger partial charge in [0.2, 0.25) is 0 Å². The first-order chi connectivity index (χ1) is 8.70. The Bertz CT molecular complexity index is 549. The Balaban J connectivity index is 2.14. The van der Waals surface area contributed by atoms with Crippen molar-refractivity contribution >= 4 is 17.3 Å². The van der Waals surface area contributed by atoms with Crippen molar-refractivity contribution in [2.75, 3.05) is 11.1 Å². The Morgan fingerprint density at radius 3 is 2.61 bits per heavy atom. The van der Waals surface area contributed by atoms with Gasteiger partial charge in [-0.2, -0.15) is 0 Å². The van der Waals surface area contributed by atoms with Crippen LogP contribution in [0.15, 0.2) is 42.7 Å². The lowest BCUT2D eigenvalue weighted by atomic mass is 10.1. The van der Waals surface area contributed by atoms with Crippen LogP contribution >= 0.6 is 0 Å². The van der Waals surface area contributed by atoms with Crippen molar-refractivity contribution in [3.63, 3.8) is 0 Å². The summed E-state index contributed by atoms with van der Waals surface area (Å²) in [5.41, 5.74) is 8.50. The van der Waals surface area contributed by atoms with Gasteiger partial charge in [0, 0.05) is 11.9 Å². The Hall–Kier alpha value is -2.36. The number of carbonyl (C=O) groups excluding carboxylic acids is 1.